The van der Waals surface area contributed by atoms with Crippen LogP contribution in [-0.2, 0) is 11.2 Å². The van der Waals surface area contributed by atoms with Gasteiger partial charge in [0.1, 0.15) is 5.67 Å². The van der Waals surface area contributed by atoms with E-state index < -0.39 is 22.8 Å². The van der Waals surface area contributed by atoms with Gasteiger partial charge in [0.15, 0.2) is 11.6 Å². The number of halogens is 3. The van der Waals surface area contributed by atoms with Crippen LogP contribution in [0.2, 0.25) is 0 Å². The third-order valence-corrected chi connectivity index (χ3v) is 3.04. The number of benzene rings is 1. The van der Waals surface area contributed by atoms with Gasteiger partial charge in [0, 0.05) is 11.1 Å². The minimum Gasteiger partial charge on any atom is -0.321 e. The molecule has 0 aliphatic heterocycles. The molecule has 1 nitrogen and oxygen atoms in total. The second kappa shape index (κ2) is 3.23. The molecule has 0 atom stereocenters. The molecule has 1 saturated carbocycles. The van der Waals surface area contributed by atoms with Gasteiger partial charge in [-0.1, -0.05) is 0 Å². The maximum Gasteiger partial charge on any atom is 0.163 e. The lowest BCUT2D eigenvalue weighted by molar-refractivity contribution is 0.220. The number of alkyl halides is 1. The zero-order valence-corrected chi connectivity index (χ0v) is 9.28. The van der Waals surface area contributed by atoms with Crippen LogP contribution in [0.15, 0.2) is 12.1 Å². The molecule has 4 heteroatoms. The van der Waals surface area contributed by atoms with Crippen LogP contribution in [0.3, 0.4) is 0 Å². The highest BCUT2D eigenvalue weighted by atomic mass is 19.2. The third-order valence-electron chi connectivity index (χ3n) is 3.04. The quantitative estimate of drug-likeness (QED) is 0.828. The van der Waals surface area contributed by atoms with Gasteiger partial charge in [0.2, 0.25) is 0 Å². The zero-order valence-electron chi connectivity index (χ0n) is 9.28. The van der Waals surface area contributed by atoms with Crippen LogP contribution in [0.25, 0.3) is 0 Å². The number of hydrogen-bond acceptors (Lipinski definition) is 1. The van der Waals surface area contributed by atoms with Crippen molar-refractivity contribution < 1.29 is 13.2 Å². The van der Waals surface area contributed by atoms with Crippen LogP contribution in [-0.4, -0.2) is 0 Å². The SMILES string of the molecule is CC(C)(F)c1cc(F)c(F)c(C2(N)CC2)c1. The normalized spacial score (nSPS) is 18.6. The molecule has 0 bridgehead atoms. The standard InChI is InChI=1S/C12H14F3N/c1-11(2,15)7-5-8(12(16)3-4-12)10(14)9(13)6-7/h5-6H,3-4,16H2,1-2H3. The molecular weight excluding hydrogens is 215 g/mol. The van der Waals surface area contributed by atoms with Crippen LogP contribution in [0.4, 0.5) is 13.2 Å². The van der Waals surface area contributed by atoms with E-state index in [0.29, 0.717) is 12.8 Å². The first-order chi connectivity index (χ1) is 7.24. The van der Waals surface area contributed by atoms with Crippen molar-refractivity contribution in [2.24, 2.45) is 5.73 Å². The number of hydrogen-bond donors (Lipinski definition) is 1. The van der Waals surface area contributed by atoms with Crippen molar-refractivity contribution in [3.63, 3.8) is 0 Å². The largest absolute Gasteiger partial charge is 0.321 e. The molecule has 1 fully saturated rings. The molecule has 2 N–H and O–H groups in total. The minimum absolute atomic E-state index is 0.0909. The van der Waals surface area contributed by atoms with Crippen molar-refractivity contribution in [2.75, 3.05) is 0 Å². The lowest BCUT2D eigenvalue weighted by Gasteiger charge is -2.19. The van der Waals surface area contributed by atoms with Gasteiger partial charge in [-0.25, -0.2) is 13.2 Å². The van der Waals surface area contributed by atoms with Crippen molar-refractivity contribution in [3.8, 4) is 0 Å². The molecule has 0 heterocycles. The van der Waals surface area contributed by atoms with E-state index in [1.54, 1.807) is 0 Å². The monoisotopic (exact) mass is 229 g/mol. The fourth-order valence-electron chi connectivity index (χ4n) is 1.70. The molecule has 0 unspecified atom stereocenters. The van der Waals surface area contributed by atoms with Crippen LogP contribution in [0.1, 0.15) is 37.8 Å². The molecule has 0 spiro atoms. The number of nitrogens with two attached hydrogens (primary N) is 1. The topological polar surface area (TPSA) is 26.0 Å². The predicted molar refractivity (Wildman–Crippen MR) is 55.6 cm³/mol. The third kappa shape index (κ3) is 1.82. The van der Waals surface area contributed by atoms with Gasteiger partial charge < -0.3 is 5.73 Å². The van der Waals surface area contributed by atoms with Gasteiger partial charge in [-0.05, 0) is 44.4 Å². The molecule has 1 aromatic carbocycles. The first kappa shape index (κ1) is 11.5. The summed E-state index contributed by atoms with van der Waals surface area (Å²) >= 11 is 0. The summed E-state index contributed by atoms with van der Waals surface area (Å²) in [5.74, 6) is -1.98. The fourth-order valence-corrected chi connectivity index (χ4v) is 1.70. The Labute approximate surface area is 92.5 Å². The number of rotatable bonds is 2. The Morgan fingerprint density at radius 1 is 1.25 bits per heavy atom. The van der Waals surface area contributed by atoms with Crippen molar-refractivity contribution in [2.45, 2.75) is 37.9 Å². The van der Waals surface area contributed by atoms with Gasteiger partial charge in [-0.2, -0.15) is 0 Å². The van der Waals surface area contributed by atoms with Crippen molar-refractivity contribution in [3.05, 3.63) is 34.9 Å². The van der Waals surface area contributed by atoms with E-state index in [1.165, 1.54) is 19.9 Å². The molecule has 88 valence electrons. The Balaban J connectivity index is 2.57. The Kier molecular flexibility index (Phi) is 2.31. The summed E-state index contributed by atoms with van der Waals surface area (Å²) in [6, 6.07) is 2.23. The molecule has 1 aromatic rings. The molecule has 16 heavy (non-hydrogen) atoms. The summed E-state index contributed by atoms with van der Waals surface area (Å²) in [4.78, 5) is 0. The van der Waals surface area contributed by atoms with E-state index in [1.807, 2.05) is 0 Å². The van der Waals surface area contributed by atoms with Gasteiger partial charge in [0.25, 0.3) is 0 Å². The van der Waals surface area contributed by atoms with E-state index in [9.17, 15) is 13.2 Å². The molecule has 0 radical (unpaired) electrons. The van der Waals surface area contributed by atoms with Crippen LogP contribution in [0, 0.1) is 11.6 Å². The molecule has 1 aliphatic carbocycles. The smallest absolute Gasteiger partial charge is 0.163 e. The Morgan fingerprint density at radius 2 is 1.81 bits per heavy atom. The van der Waals surface area contributed by atoms with Gasteiger partial charge in [-0.3, -0.25) is 0 Å². The highest BCUT2D eigenvalue weighted by Crippen LogP contribution is 2.45. The Bertz CT molecular complexity index is 431. The van der Waals surface area contributed by atoms with E-state index in [-0.39, 0.29) is 11.1 Å². The van der Waals surface area contributed by atoms with Gasteiger partial charge in [-0.15, -0.1) is 0 Å². The first-order valence-corrected chi connectivity index (χ1v) is 5.22. The Hall–Kier alpha value is -1.03. The summed E-state index contributed by atoms with van der Waals surface area (Å²) in [6.07, 6.45) is 1.22. The van der Waals surface area contributed by atoms with E-state index in [4.69, 9.17) is 5.73 Å². The van der Waals surface area contributed by atoms with Crippen molar-refractivity contribution in [1.82, 2.24) is 0 Å². The molecule has 2 rings (SSSR count). The van der Waals surface area contributed by atoms with Crippen LogP contribution >= 0.6 is 0 Å². The first-order valence-electron chi connectivity index (χ1n) is 5.22. The molecular formula is C12H14F3N. The summed E-state index contributed by atoms with van der Waals surface area (Å²) in [5, 5.41) is 0. The van der Waals surface area contributed by atoms with Crippen molar-refractivity contribution in [1.29, 1.82) is 0 Å². The summed E-state index contributed by atoms with van der Waals surface area (Å²) in [6.45, 7) is 2.61. The lowest BCUT2D eigenvalue weighted by atomic mass is 9.94. The van der Waals surface area contributed by atoms with Gasteiger partial charge >= 0.3 is 0 Å². The predicted octanol–water partition coefficient (Wildman–Crippen LogP) is 3.12. The maximum atomic E-state index is 13.7. The molecule has 0 aromatic heterocycles. The van der Waals surface area contributed by atoms with Gasteiger partial charge in [0.05, 0.1) is 0 Å². The van der Waals surface area contributed by atoms with E-state index in [2.05, 4.69) is 0 Å². The fraction of sp³-hybridized carbons (Fsp3) is 0.500. The van der Waals surface area contributed by atoms with Crippen LogP contribution in [0.5, 0.6) is 0 Å². The highest BCUT2D eigenvalue weighted by Gasteiger charge is 2.43. The summed E-state index contributed by atoms with van der Waals surface area (Å²) in [5.41, 5.74) is 3.54. The zero-order chi connectivity index (χ0) is 12.1. The second-order valence-corrected chi connectivity index (χ2v) is 4.95. The van der Waals surface area contributed by atoms with E-state index >= 15 is 0 Å². The minimum atomic E-state index is -1.70. The second-order valence-electron chi connectivity index (χ2n) is 4.95. The lowest BCUT2D eigenvalue weighted by Crippen LogP contribution is -2.23. The highest BCUT2D eigenvalue weighted by molar-refractivity contribution is 5.37. The van der Waals surface area contributed by atoms with Crippen LogP contribution < -0.4 is 5.73 Å². The van der Waals surface area contributed by atoms with Crippen molar-refractivity contribution >= 4 is 0 Å². The average Bonchev–Trinajstić information content (AvgIpc) is 2.87. The Morgan fingerprint density at radius 3 is 2.25 bits per heavy atom. The molecule has 0 amide bonds. The summed E-state index contributed by atoms with van der Waals surface area (Å²) < 4.78 is 40.6. The summed E-state index contributed by atoms with van der Waals surface area (Å²) in [7, 11) is 0. The van der Waals surface area contributed by atoms with E-state index in [0.717, 1.165) is 6.07 Å². The molecule has 1 aliphatic rings. The maximum absolute atomic E-state index is 13.7. The molecule has 0 saturated heterocycles. The average molecular weight is 229 g/mol.